The van der Waals surface area contributed by atoms with Crippen molar-refractivity contribution in [2.75, 3.05) is 25.1 Å². The van der Waals surface area contributed by atoms with Crippen molar-refractivity contribution in [2.45, 2.75) is 63.0 Å². The van der Waals surface area contributed by atoms with E-state index in [9.17, 15) is 5.11 Å². The zero-order valence-electron chi connectivity index (χ0n) is 14.2. The predicted octanol–water partition coefficient (Wildman–Crippen LogP) is 3.00. The molecule has 3 aliphatic rings. The lowest BCUT2D eigenvalue weighted by Crippen LogP contribution is -2.51. The van der Waals surface area contributed by atoms with E-state index < -0.39 is 5.60 Å². The van der Waals surface area contributed by atoms with Crippen LogP contribution in [0.25, 0.3) is 0 Å². The lowest BCUT2D eigenvalue weighted by Gasteiger charge is -2.40. The van der Waals surface area contributed by atoms with Gasteiger partial charge in [-0.05, 0) is 43.3 Å². The summed E-state index contributed by atoms with van der Waals surface area (Å²) in [4.78, 5) is 4.35. The molecule has 0 bridgehead atoms. The van der Waals surface area contributed by atoms with Crippen molar-refractivity contribution in [3.05, 3.63) is 0 Å². The van der Waals surface area contributed by atoms with E-state index in [0.29, 0.717) is 12.6 Å². The van der Waals surface area contributed by atoms with Gasteiger partial charge >= 0.3 is 0 Å². The second-order valence-corrected chi connectivity index (χ2v) is 8.52. The predicted molar refractivity (Wildman–Crippen MR) is 110 cm³/mol. The summed E-state index contributed by atoms with van der Waals surface area (Å²) >= 11 is 1.84. The van der Waals surface area contributed by atoms with Crippen LogP contribution in [0, 0.1) is 11.8 Å². The van der Waals surface area contributed by atoms with E-state index in [0.717, 1.165) is 35.7 Å². The van der Waals surface area contributed by atoms with Crippen LogP contribution in [-0.4, -0.2) is 47.8 Å². The van der Waals surface area contributed by atoms with Crippen molar-refractivity contribution in [2.24, 2.45) is 16.8 Å². The van der Waals surface area contributed by atoms with E-state index in [1.54, 1.807) is 0 Å². The number of aliphatic hydroxyl groups is 1. The van der Waals surface area contributed by atoms with E-state index in [4.69, 9.17) is 0 Å². The maximum Gasteiger partial charge on any atom is 0.191 e. The first-order valence-electron chi connectivity index (χ1n) is 8.96. The summed E-state index contributed by atoms with van der Waals surface area (Å²) in [5.41, 5.74) is -0.552. The highest BCUT2D eigenvalue weighted by Gasteiger charge is 2.34. The molecule has 4 atom stereocenters. The Morgan fingerprint density at radius 2 is 2.00 bits per heavy atom. The number of thioether (sulfide) groups is 1. The average Bonchev–Trinajstić information content (AvgIpc) is 2.98. The van der Waals surface area contributed by atoms with Crippen LogP contribution in [-0.2, 0) is 0 Å². The van der Waals surface area contributed by atoms with Crippen molar-refractivity contribution in [1.29, 1.82) is 0 Å². The van der Waals surface area contributed by atoms with Crippen LogP contribution in [0.5, 0.6) is 0 Å². The minimum absolute atomic E-state index is 0. The fourth-order valence-corrected chi connectivity index (χ4v) is 5.67. The molecule has 6 heteroatoms. The maximum absolute atomic E-state index is 10.4. The first kappa shape index (κ1) is 19.6. The van der Waals surface area contributed by atoms with E-state index in [2.05, 4.69) is 15.6 Å². The minimum Gasteiger partial charge on any atom is -0.387 e. The third-order valence-corrected chi connectivity index (χ3v) is 7.01. The van der Waals surface area contributed by atoms with Crippen molar-refractivity contribution in [1.82, 2.24) is 10.6 Å². The van der Waals surface area contributed by atoms with Crippen LogP contribution in [0.2, 0.25) is 0 Å². The van der Waals surface area contributed by atoms with Gasteiger partial charge in [-0.15, -0.1) is 24.0 Å². The monoisotopic (exact) mass is 453 g/mol. The van der Waals surface area contributed by atoms with Gasteiger partial charge in [0.25, 0.3) is 0 Å². The Bertz CT molecular complexity index is 401. The molecule has 2 saturated carbocycles. The molecule has 0 amide bonds. The molecular weight excluding hydrogens is 421 g/mol. The zero-order chi connectivity index (χ0) is 15.4. The smallest absolute Gasteiger partial charge is 0.191 e. The quantitative estimate of drug-likeness (QED) is 0.350. The molecule has 4 nitrogen and oxygen atoms in total. The van der Waals surface area contributed by atoms with Gasteiger partial charge in [0.05, 0.1) is 5.60 Å². The zero-order valence-corrected chi connectivity index (χ0v) is 17.4. The number of halogens is 1. The molecule has 134 valence electrons. The second kappa shape index (κ2) is 9.13. The molecule has 3 rings (SSSR count). The van der Waals surface area contributed by atoms with Gasteiger partial charge in [-0.25, -0.2) is 0 Å². The molecule has 23 heavy (non-hydrogen) atoms. The molecule has 3 N–H and O–H groups in total. The fraction of sp³-hybridized carbons (Fsp3) is 0.941. The molecule has 0 radical (unpaired) electrons. The Morgan fingerprint density at radius 1 is 1.22 bits per heavy atom. The first-order chi connectivity index (χ1) is 10.7. The number of nitrogens with one attached hydrogen (secondary N) is 2. The van der Waals surface area contributed by atoms with Crippen LogP contribution >= 0.6 is 35.7 Å². The van der Waals surface area contributed by atoms with Crippen LogP contribution in [0.3, 0.4) is 0 Å². The van der Waals surface area contributed by atoms with Crippen molar-refractivity contribution in [3.63, 3.8) is 0 Å². The van der Waals surface area contributed by atoms with Gasteiger partial charge in [-0.3, -0.25) is 4.99 Å². The molecule has 1 saturated heterocycles. The van der Waals surface area contributed by atoms with Crippen LogP contribution in [0.15, 0.2) is 4.99 Å². The van der Waals surface area contributed by atoms with Crippen molar-refractivity contribution >= 4 is 41.7 Å². The maximum atomic E-state index is 10.4. The summed E-state index contributed by atoms with van der Waals surface area (Å²) in [6.07, 6.45) is 10.6. The molecule has 4 unspecified atom stereocenters. The Kier molecular flexibility index (Phi) is 7.79. The highest BCUT2D eigenvalue weighted by atomic mass is 127. The lowest BCUT2D eigenvalue weighted by molar-refractivity contribution is 0.0722. The number of hydrogen-bond acceptors (Lipinski definition) is 3. The summed E-state index contributed by atoms with van der Waals surface area (Å²) < 4.78 is 0. The first-order valence-corrected chi connectivity index (χ1v) is 10.1. The summed E-state index contributed by atoms with van der Waals surface area (Å²) in [5, 5.41) is 17.4. The third-order valence-electron chi connectivity index (χ3n) is 5.77. The molecule has 1 aliphatic heterocycles. The summed E-state index contributed by atoms with van der Waals surface area (Å²) in [6, 6.07) is 0.554. The van der Waals surface area contributed by atoms with Gasteiger partial charge in [0.15, 0.2) is 5.96 Å². The molecule has 1 heterocycles. The van der Waals surface area contributed by atoms with Gasteiger partial charge in [0.1, 0.15) is 0 Å². The lowest BCUT2D eigenvalue weighted by atomic mass is 9.69. The molecular formula is C17H32IN3OS. The number of guanidine groups is 1. The summed E-state index contributed by atoms with van der Waals surface area (Å²) in [5.74, 6) is 4.68. The number of fused-ring (bicyclic) bond motifs is 1. The van der Waals surface area contributed by atoms with E-state index >= 15 is 0 Å². The minimum atomic E-state index is -0.552. The van der Waals surface area contributed by atoms with E-state index in [-0.39, 0.29) is 24.0 Å². The van der Waals surface area contributed by atoms with Crippen LogP contribution in [0.1, 0.15) is 51.4 Å². The summed E-state index contributed by atoms with van der Waals surface area (Å²) in [7, 11) is 1.83. The van der Waals surface area contributed by atoms with Gasteiger partial charge < -0.3 is 15.7 Å². The molecule has 0 aromatic rings. The normalized spacial score (nSPS) is 37.7. The van der Waals surface area contributed by atoms with Crippen molar-refractivity contribution < 1.29 is 5.11 Å². The Balaban J connectivity index is 0.00000192. The fourth-order valence-electron chi connectivity index (χ4n) is 4.38. The number of hydrogen-bond donors (Lipinski definition) is 3. The van der Waals surface area contributed by atoms with E-state index in [1.165, 1.54) is 44.9 Å². The average molecular weight is 453 g/mol. The largest absolute Gasteiger partial charge is 0.387 e. The number of aliphatic imine (C=N–C) groups is 1. The number of nitrogens with zero attached hydrogens (tertiary/aromatic N) is 1. The highest BCUT2D eigenvalue weighted by Crippen LogP contribution is 2.40. The van der Waals surface area contributed by atoms with Gasteiger partial charge in [-0.1, -0.05) is 25.7 Å². The van der Waals surface area contributed by atoms with Crippen LogP contribution < -0.4 is 10.6 Å². The Morgan fingerprint density at radius 3 is 2.70 bits per heavy atom. The Labute approximate surface area is 162 Å². The second-order valence-electron chi connectivity index (χ2n) is 7.41. The van der Waals surface area contributed by atoms with Crippen molar-refractivity contribution in [3.8, 4) is 0 Å². The van der Waals surface area contributed by atoms with Gasteiger partial charge in [0.2, 0.25) is 0 Å². The molecule has 2 aliphatic carbocycles. The molecule has 3 fully saturated rings. The van der Waals surface area contributed by atoms with Gasteiger partial charge in [-0.2, -0.15) is 11.8 Å². The topological polar surface area (TPSA) is 56.7 Å². The highest BCUT2D eigenvalue weighted by molar-refractivity contribution is 14.0. The van der Waals surface area contributed by atoms with Gasteiger partial charge in [0, 0.05) is 25.4 Å². The SMILES string of the molecule is CN=C(NCC1(O)CCSC1)NC1CCC2CCCCC2C1.I. The van der Waals surface area contributed by atoms with Crippen LogP contribution in [0.4, 0.5) is 0 Å². The molecule has 0 aromatic heterocycles. The standard InChI is InChI=1S/C17H31N3OS.HI/c1-18-16(19-11-17(21)8-9-22-12-17)20-15-7-6-13-4-2-3-5-14(13)10-15;/h13-15,21H,2-12H2,1H3,(H2,18,19,20);1H. The Hall–Kier alpha value is 0.310. The summed E-state index contributed by atoms with van der Waals surface area (Å²) in [6.45, 7) is 0.610. The molecule has 0 spiro atoms. The molecule has 0 aromatic carbocycles. The third kappa shape index (κ3) is 5.39. The number of rotatable bonds is 3. The van der Waals surface area contributed by atoms with E-state index in [1.807, 2.05) is 18.8 Å².